The summed E-state index contributed by atoms with van der Waals surface area (Å²) in [5, 5.41) is 17.3. The van der Waals surface area contributed by atoms with Crippen molar-refractivity contribution in [1.82, 2.24) is 4.98 Å². The van der Waals surface area contributed by atoms with Gasteiger partial charge in [0, 0.05) is 18.5 Å². The SMILES string of the molecule is O=C(O)c1ccc(CCCCCCO)nc1. The van der Waals surface area contributed by atoms with Gasteiger partial charge in [0.25, 0.3) is 0 Å². The van der Waals surface area contributed by atoms with E-state index in [0.717, 1.165) is 37.8 Å². The van der Waals surface area contributed by atoms with Gasteiger partial charge >= 0.3 is 5.97 Å². The van der Waals surface area contributed by atoms with Crippen molar-refractivity contribution in [2.45, 2.75) is 32.1 Å². The van der Waals surface area contributed by atoms with Crippen molar-refractivity contribution in [3.8, 4) is 0 Å². The maximum Gasteiger partial charge on any atom is 0.337 e. The lowest BCUT2D eigenvalue weighted by Gasteiger charge is -2.01. The number of aliphatic hydroxyl groups excluding tert-OH is 1. The first-order valence-electron chi connectivity index (χ1n) is 5.53. The third-order valence-electron chi connectivity index (χ3n) is 2.41. The lowest BCUT2D eigenvalue weighted by Crippen LogP contribution is -1.98. The number of aliphatic hydroxyl groups is 1. The van der Waals surface area contributed by atoms with Gasteiger partial charge in [0.2, 0.25) is 0 Å². The van der Waals surface area contributed by atoms with E-state index in [9.17, 15) is 4.79 Å². The molecule has 88 valence electrons. The van der Waals surface area contributed by atoms with Crippen molar-refractivity contribution in [3.05, 3.63) is 29.6 Å². The smallest absolute Gasteiger partial charge is 0.337 e. The summed E-state index contributed by atoms with van der Waals surface area (Å²) in [5.41, 5.74) is 1.15. The van der Waals surface area contributed by atoms with E-state index in [4.69, 9.17) is 10.2 Å². The van der Waals surface area contributed by atoms with Crippen molar-refractivity contribution < 1.29 is 15.0 Å². The molecule has 0 unspecified atom stereocenters. The Morgan fingerprint density at radius 2 is 1.94 bits per heavy atom. The molecule has 4 nitrogen and oxygen atoms in total. The third-order valence-corrected chi connectivity index (χ3v) is 2.41. The molecule has 1 aromatic heterocycles. The summed E-state index contributed by atoms with van der Waals surface area (Å²) < 4.78 is 0. The van der Waals surface area contributed by atoms with Gasteiger partial charge in [0.05, 0.1) is 5.56 Å². The first-order valence-corrected chi connectivity index (χ1v) is 5.53. The highest BCUT2D eigenvalue weighted by atomic mass is 16.4. The quantitative estimate of drug-likeness (QED) is 0.692. The van der Waals surface area contributed by atoms with Gasteiger partial charge < -0.3 is 10.2 Å². The van der Waals surface area contributed by atoms with E-state index in [1.54, 1.807) is 12.1 Å². The van der Waals surface area contributed by atoms with E-state index >= 15 is 0 Å². The van der Waals surface area contributed by atoms with Crippen LogP contribution >= 0.6 is 0 Å². The van der Waals surface area contributed by atoms with E-state index in [1.165, 1.54) is 6.20 Å². The predicted octanol–water partition coefficient (Wildman–Crippen LogP) is 1.87. The maximum atomic E-state index is 10.6. The Morgan fingerprint density at radius 3 is 2.50 bits per heavy atom. The average molecular weight is 223 g/mol. The number of carboxylic acid groups (broad SMARTS) is 1. The molecular formula is C12H17NO3. The molecule has 0 amide bonds. The largest absolute Gasteiger partial charge is 0.478 e. The summed E-state index contributed by atoms with van der Waals surface area (Å²) in [6.45, 7) is 0.256. The van der Waals surface area contributed by atoms with Crippen LogP contribution in [0.3, 0.4) is 0 Å². The second-order valence-electron chi connectivity index (χ2n) is 3.73. The third kappa shape index (κ3) is 4.40. The number of pyridine rings is 1. The van der Waals surface area contributed by atoms with Gasteiger partial charge in [-0.1, -0.05) is 12.8 Å². The first-order chi connectivity index (χ1) is 7.74. The molecule has 0 saturated carbocycles. The van der Waals surface area contributed by atoms with Gasteiger partial charge in [-0.15, -0.1) is 0 Å². The van der Waals surface area contributed by atoms with E-state index in [0.29, 0.717) is 0 Å². The fourth-order valence-electron chi connectivity index (χ4n) is 1.47. The van der Waals surface area contributed by atoms with Crippen LogP contribution < -0.4 is 0 Å². The van der Waals surface area contributed by atoms with Crippen LogP contribution in [-0.4, -0.2) is 27.8 Å². The topological polar surface area (TPSA) is 70.4 Å². The van der Waals surface area contributed by atoms with Gasteiger partial charge in [0.1, 0.15) is 0 Å². The normalized spacial score (nSPS) is 10.3. The zero-order valence-corrected chi connectivity index (χ0v) is 9.22. The van der Waals surface area contributed by atoms with E-state index in [1.807, 2.05) is 0 Å². The number of nitrogens with zero attached hydrogens (tertiary/aromatic N) is 1. The molecule has 0 aliphatic carbocycles. The molecule has 4 heteroatoms. The monoisotopic (exact) mass is 223 g/mol. The summed E-state index contributed by atoms with van der Waals surface area (Å²) in [6, 6.07) is 3.34. The van der Waals surface area contributed by atoms with Gasteiger partial charge in [0.15, 0.2) is 0 Å². The Labute approximate surface area is 95.0 Å². The summed E-state index contributed by atoms with van der Waals surface area (Å²) in [7, 11) is 0. The molecule has 0 aliphatic heterocycles. The van der Waals surface area contributed by atoms with E-state index in [2.05, 4.69) is 4.98 Å². The fraction of sp³-hybridized carbons (Fsp3) is 0.500. The van der Waals surface area contributed by atoms with Crippen molar-refractivity contribution in [2.24, 2.45) is 0 Å². The molecule has 1 heterocycles. The molecule has 0 radical (unpaired) electrons. The number of unbranched alkanes of at least 4 members (excludes halogenated alkanes) is 3. The molecule has 0 bridgehead atoms. The predicted molar refractivity (Wildman–Crippen MR) is 60.5 cm³/mol. The molecule has 16 heavy (non-hydrogen) atoms. The van der Waals surface area contributed by atoms with Crippen molar-refractivity contribution in [3.63, 3.8) is 0 Å². The van der Waals surface area contributed by atoms with Crippen LogP contribution in [0, 0.1) is 0 Å². The number of carbonyl (C=O) groups is 1. The minimum atomic E-state index is -0.943. The number of carboxylic acids is 1. The molecule has 1 rings (SSSR count). The van der Waals surface area contributed by atoms with Crippen LogP contribution in [0.15, 0.2) is 18.3 Å². The highest BCUT2D eigenvalue weighted by molar-refractivity contribution is 5.87. The van der Waals surface area contributed by atoms with Crippen LogP contribution in [0.25, 0.3) is 0 Å². The molecule has 0 saturated heterocycles. The Morgan fingerprint density at radius 1 is 1.19 bits per heavy atom. The number of hydrogen-bond donors (Lipinski definition) is 2. The van der Waals surface area contributed by atoms with Gasteiger partial charge in [-0.2, -0.15) is 0 Å². The number of aromatic carboxylic acids is 1. The highest BCUT2D eigenvalue weighted by Gasteiger charge is 2.02. The number of aryl methyl sites for hydroxylation is 1. The van der Waals surface area contributed by atoms with E-state index < -0.39 is 5.97 Å². The molecule has 2 N–H and O–H groups in total. The van der Waals surface area contributed by atoms with Crippen molar-refractivity contribution in [2.75, 3.05) is 6.61 Å². The summed E-state index contributed by atoms with van der Waals surface area (Å²) in [5.74, 6) is -0.943. The van der Waals surface area contributed by atoms with E-state index in [-0.39, 0.29) is 12.2 Å². The molecule has 0 aliphatic rings. The Bertz CT molecular complexity index is 322. The highest BCUT2D eigenvalue weighted by Crippen LogP contribution is 2.06. The van der Waals surface area contributed by atoms with Gasteiger partial charge in [-0.25, -0.2) is 4.79 Å². The maximum absolute atomic E-state index is 10.6. The molecular weight excluding hydrogens is 206 g/mol. The molecule has 0 atom stereocenters. The van der Waals surface area contributed by atoms with Crippen LogP contribution in [0.5, 0.6) is 0 Å². The Kier molecular flexibility index (Phi) is 5.50. The minimum absolute atomic E-state index is 0.226. The Balaban J connectivity index is 2.29. The average Bonchev–Trinajstić information content (AvgIpc) is 2.29. The standard InChI is InChI=1S/C12H17NO3/c14-8-4-2-1-3-5-11-7-6-10(9-13-11)12(15)16/h6-7,9,14H,1-5,8H2,(H,15,16). The van der Waals surface area contributed by atoms with Crippen LogP contribution in [0.2, 0.25) is 0 Å². The minimum Gasteiger partial charge on any atom is -0.478 e. The number of aromatic nitrogens is 1. The van der Waals surface area contributed by atoms with Gasteiger partial charge in [-0.3, -0.25) is 4.98 Å². The number of hydrogen-bond acceptors (Lipinski definition) is 3. The van der Waals surface area contributed by atoms with Crippen LogP contribution in [0.1, 0.15) is 41.7 Å². The summed E-state index contributed by atoms with van der Waals surface area (Å²) >= 11 is 0. The zero-order chi connectivity index (χ0) is 11.8. The fourth-order valence-corrected chi connectivity index (χ4v) is 1.47. The Hall–Kier alpha value is -1.42. The zero-order valence-electron chi connectivity index (χ0n) is 9.22. The molecule has 0 spiro atoms. The molecule has 0 fully saturated rings. The lowest BCUT2D eigenvalue weighted by atomic mass is 10.1. The molecule has 0 aromatic carbocycles. The second-order valence-corrected chi connectivity index (χ2v) is 3.73. The van der Waals surface area contributed by atoms with Crippen molar-refractivity contribution >= 4 is 5.97 Å². The first kappa shape index (κ1) is 12.6. The lowest BCUT2D eigenvalue weighted by molar-refractivity contribution is 0.0696. The van der Waals surface area contributed by atoms with Gasteiger partial charge in [-0.05, 0) is 31.4 Å². The second kappa shape index (κ2) is 6.95. The summed E-state index contributed by atoms with van der Waals surface area (Å²) in [4.78, 5) is 14.7. The van der Waals surface area contributed by atoms with Crippen LogP contribution in [0.4, 0.5) is 0 Å². The van der Waals surface area contributed by atoms with Crippen molar-refractivity contribution in [1.29, 1.82) is 0 Å². The molecule has 1 aromatic rings. The summed E-state index contributed by atoms with van der Waals surface area (Å²) in [6.07, 6.45) is 6.24. The number of rotatable bonds is 7. The van der Waals surface area contributed by atoms with Crippen LogP contribution in [-0.2, 0) is 6.42 Å².